The predicted octanol–water partition coefficient (Wildman–Crippen LogP) is 2.16. The van der Waals surface area contributed by atoms with Gasteiger partial charge >= 0.3 is 0 Å². The van der Waals surface area contributed by atoms with Gasteiger partial charge in [0.1, 0.15) is 0 Å². The Bertz CT molecular complexity index is 468. The first kappa shape index (κ1) is 14.2. The Morgan fingerprint density at radius 1 is 1.29 bits per heavy atom. The number of sulfone groups is 1. The van der Waals surface area contributed by atoms with E-state index in [0.717, 1.165) is 5.56 Å². The van der Waals surface area contributed by atoms with Crippen molar-refractivity contribution in [3.05, 3.63) is 29.8 Å². The van der Waals surface area contributed by atoms with Gasteiger partial charge in [0.2, 0.25) is 0 Å². The van der Waals surface area contributed by atoms with E-state index in [1.165, 1.54) is 0 Å². The second-order valence-corrected chi connectivity index (χ2v) is 6.96. The Hall–Kier alpha value is -0.870. The Labute approximate surface area is 104 Å². The first-order valence-corrected chi connectivity index (χ1v) is 7.40. The molecule has 2 unspecified atom stereocenters. The number of benzene rings is 1. The second-order valence-electron chi connectivity index (χ2n) is 4.60. The van der Waals surface area contributed by atoms with E-state index in [-0.39, 0.29) is 11.3 Å². The molecule has 0 radical (unpaired) electrons. The normalized spacial score (nSPS) is 15.5. The van der Waals surface area contributed by atoms with E-state index < -0.39 is 9.84 Å². The van der Waals surface area contributed by atoms with Crippen LogP contribution in [0, 0.1) is 6.92 Å². The van der Waals surface area contributed by atoms with Gasteiger partial charge in [-0.2, -0.15) is 0 Å². The summed E-state index contributed by atoms with van der Waals surface area (Å²) in [6.45, 7) is 5.66. The molecule has 0 saturated heterocycles. The highest BCUT2D eigenvalue weighted by Crippen LogP contribution is 2.20. The Balaban J connectivity index is 2.95. The van der Waals surface area contributed by atoms with Crippen molar-refractivity contribution in [1.29, 1.82) is 0 Å². The highest BCUT2D eigenvalue weighted by molar-refractivity contribution is 7.92. The van der Waals surface area contributed by atoms with Crippen LogP contribution >= 0.6 is 0 Å². The molecule has 0 bridgehead atoms. The number of nitrogens with one attached hydrogen (secondary N) is 1. The summed E-state index contributed by atoms with van der Waals surface area (Å²) in [5, 5.41) is 2.70. The van der Waals surface area contributed by atoms with Gasteiger partial charge in [-0.25, -0.2) is 8.42 Å². The lowest BCUT2D eigenvalue weighted by atomic mass is 10.2. The summed E-state index contributed by atoms with van der Waals surface area (Å²) in [5.41, 5.74) is 0.972. The summed E-state index contributed by atoms with van der Waals surface area (Å²) in [6, 6.07) is 7.29. The lowest BCUT2D eigenvalue weighted by molar-refractivity contribution is 0.530. The van der Waals surface area contributed by atoms with E-state index >= 15 is 0 Å². The van der Waals surface area contributed by atoms with Gasteiger partial charge in [-0.05, 0) is 51.9 Å². The quantitative estimate of drug-likeness (QED) is 0.877. The fourth-order valence-electron chi connectivity index (χ4n) is 1.77. The molecule has 0 saturated carbocycles. The van der Waals surface area contributed by atoms with Gasteiger partial charge in [0.15, 0.2) is 9.84 Å². The third-order valence-corrected chi connectivity index (χ3v) is 5.19. The molecular formula is C13H21NO2S. The number of rotatable bonds is 5. The number of hydrogen-bond acceptors (Lipinski definition) is 3. The van der Waals surface area contributed by atoms with Crippen molar-refractivity contribution in [2.75, 3.05) is 7.05 Å². The smallest absolute Gasteiger partial charge is 0.181 e. The van der Waals surface area contributed by atoms with Crippen LogP contribution in [0.1, 0.15) is 25.8 Å². The minimum Gasteiger partial charge on any atom is -0.317 e. The monoisotopic (exact) mass is 255 g/mol. The first-order chi connectivity index (χ1) is 7.87. The molecule has 3 nitrogen and oxygen atoms in total. The molecule has 0 fully saturated rings. The minimum atomic E-state index is -3.21. The zero-order valence-electron chi connectivity index (χ0n) is 10.9. The molecule has 17 heavy (non-hydrogen) atoms. The van der Waals surface area contributed by atoms with E-state index in [1.54, 1.807) is 25.1 Å². The third kappa shape index (κ3) is 3.54. The summed E-state index contributed by atoms with van der Waals surface area (Å²) < 4.78 is 24.6. The summed E-state index contributed by atoms with van der Waals surface area (Å²) in [4.78, 5) is 0.424. The van der Waals surface area contributed by atoms with Crippen molar-refractivity contribution in [3.63, 3.8) is 0 Å². The maximum atomic E-state index is 12.3. The highest BCUT2D eigenvalue weighted by atomic mass is 32.2. The third-order valence-electron chi connectivity index (χ3n) is 3.03. The molecule has 0 aromatic heterocycles. The maximum Gasteiger partial charge on any atom is 0.181 e. The summed E-state index contributed by atoms with van der Waals surface area (Å²) >= 11 is 0. The molecule has 1 rings (SSSR count). The maximum absolute atomic E-state index is 12.3. The van der Waals surface area contributed by atoms with Crippen LogP contribution in [0.15, 0.2) is 29.2 Å². The average Bonchev–Trinajstić information content (AvgIpc) is 2.28. The molecule has 2 atom stereocenters. The van der Waals surface area contributed by atoms with E-state index in [1.807, 2.05) is 27.0 Å². The zero-order chi connectivity index (χ0) is 13.1. The summed E-state index contributed by atoms with van der Waals surface area (Å²) in [5.74, 6) is 0. The van der Waals surface area contributed by atoms with Crippen molar-refractivity contribution in [2.45, 2.75) is 43.4 Å². The molecule has 0 heterocycles. The Morgan fingerprint density at radius 3 is 2.47 bits per heavy atom. The zero-order valence-corrected chi connectivity index (χ0v) is 11.7. The average molecular weight is 255 g/mol. The number of hydrogen-bond donors (Lipinski definition) is 1. The standard InChI is InChI=1S/C13H21NO2S/c1-10-6-5-7-13(8-10)17(15,16)12(3)9-11(2)14-4/h5-8,11-12,14H,9H2,1-4H3. The van der Waals surface area contributed by atoms with Gasteiger partial charge in [-0.3, -0.25) is 0 Å². The summed E-state index contributed by atoms with van der Waals surface area (Å²) in [7, 11) is -1.36. The fraction of sp³-hybridized carbons (Fsp3) is 0.538. The fourth-order valence-corrected chi connectivity index (χ4v) is 3.39. The van der Waals surface area contributed by atoms with E-state index in [2.05, 4.69) is 5.32 Å². The summed E-state index contributed by atoms with van der Waals surface area (Å²) in [6.07, 6.45) is 0.618. The lowest BCUT2D eigenvalue weighted by Gasteiger charge is -2.17. The molecule has 0 aliphatic carbocycles. The van der Waals surface area contributed by atoms with Crippen LogP contribution in [-0.2, 0) is 9.84 Å². The predicted molar refractivity (Wildman–Crippen MR) is 71.0 cm³/mol. The molecule has 1 aromatic rings. The van der Waals surface area contributed by atoms with Crippen LogP contribution in [0.2, 0.25) is 0 Å². The lowest BCUT2D eigenvalue weighted by Crippen LogP contribution is -2.29. The largest absolute Gasteiger partial charge is 0.317 e. The number of aryl methyl sites for hydroxylation is 1. The van der Waals surface area contributed by atoms with Crippen molar-refractivity contribution < 1.29 is 8.42 Å². The van der Waals surface area contributed by atoms with Crippen molar-refractivity contribution in [2.24, 2.45) is 0 Å². The van der Waals surface area contributed by atoms with Crippen LogP contribution in [0.4, 0.5) is 0 Å². The van der Waals surface area contributed by atoms with E-state index in [4.69, 9.17) is 0 Å². The van der Waals surface area contributed by atoms with Crippen LogP contribution in [-0.4, -0.2) is 26.8 Å². The highest BCUT2D eigenvalue weighted by Gasteiger charge is 2.24. The Morgan fingerprint density at radius 2 is 1.94 bits per heavy atom. The van der Waals surface area contributed by atoms with E-state index in [0.29, 0.717) is 11.3 Å². The van der Waals surface area contributed by atoms with Crippen molar-refractivity contribution >= 4 is 9.84 Å². The Kier molecular flexibility index (Phi) is 4.71. The van der Waals surface area contributed by atoms with Crippen LogP contribution in [0.5, 0.6) is 0 Å². The van der Waals surface area contributed by atoms with Gasteiger partial charge < -0.3 is 5.32 Å². The van der Waals surface area contributed by atoms with E-state index in [9.17, 15) is 8.42 Å². The molecule has 1 aromatic carbocycles. The van der Waals surface area contributed by atoms with Crippen LogP contribution < -0.4 is 5.32 Å². The van der Waals surface area contributed by atoms with Crippen LogP contribution in [0.25, 0.3) is 0 Å². The molecule has 0 amide bonds. The van der Waals surface area contributed by atoms with Gasteiger partial charge in [0.25, 0.3) is 0 Å². The van der Waals surface area contributed by atoms with Crippen molar-refractivity contribution in [1.82, 2.24) is 5.32 Å². The first-order valence-electron chi connectivity index (χ1n) is 5.85. The van der Waals surface area contributed by atoms with Gasteiger partial charge in [0.05, 0.1) is 10.1 Å². The molecule has 0 spiro atoms. The van der Waals surface area contributed by atoms with Gasteiger partial charge in [-0.15, -0.1) is 0 Å². The second kappa shape index (κ2) is 5.65. The SMILES string of the molecule is CNC(C)CC(C)S(=O)(=O)c1cccc(C)c1. The van der Waals surface area contributed by atoms with Gasteiger partial charge in [0, 0.05) is 6.04 Å². The minimum absolute atomic E-state index is 0.199. The molecule has 1 N–H and O–H groups in total. The molecule has 0 aliphatic rings. The molecule has 0 aliphatic heterocycles. The molecule has 4 heteroatoms. The van der Waals surface area contributed by atoms with Crippen molar-refractivity contribution in [3.8, 4) is 0 Å². The topological polar surface area (TPSA) is 46.2 Å². The molecular weight excluding hydrogens is 234 g/mol. The molecule has 96 valence electrons. The van der Waals surface area contributed by atoms with Gasteiger partial charge in [-0.1, -0.05) is 12.1 Å². The van der Waals surface area contributed by atoms with Crippen LogP contribution in [0.3, 0.4) is 0 Å².